The third kappa shape index (κ3) is 4.46. The number of benzene rings is 1. The Kier molecular flexibility index (Phi) is 6.31. The highest BCUT2D eigenvalue weighted by atomic mass is 16.5. The maximum Gasteiger partial charge on any atom is 0.285 e. The van der Waals surface area contributed by atoms with E-state index in [0.717, 1.165) is 5.56 Å². The predicted molar refractivity (Wildman–Crippen MR) is 94.6 cm³/mol. The molecule has 0 saturated heterocycles. The van der Waals surface area contributed by atoms with Gasteiger partial charge in [0.1, 0.15) is 30.1 Å². The molecule has 0 bridgehead atoms. The summed E-state index contributed by atoms with van der Waals surface area (Å²) in [5, 5.41) is 23.8. The predicted octanol–water partition coefficient (Wildman–Crippen LogP) is 1.99. The van der Waals surface area contributed by atoms with Gasteiger partial charge in [-0.05, 0) is 37.5 Å². The molecule has 6 heteroatoms. The zero-order valence-electron chi connectivity index (χ0n) is 14.8. The second-order valence-corrected chi connectivity index (χ2v) is 5.88. The number of aliphatic hydroxyl groups is 1. The lowest BCUT2D eigenvalue weighted by atomic mass is 10.0. The average Bonchev–Trinajstić information content (AvgIpc) is 2.62. The summed E-state index contributed by atoms with van der Waals surface area (Å²) in [6, 6.07) is 9.47. The van der Waals surface area contributed by atoms with E-state index in [4.69, 9.17) is 4.74 Å². The first-order chi connectivity index (χ1) is 12.0. The first-order valence-corrected chi connectivity index (χ1v) is 8.40. The number of hydrogen-bond acceptors (Lipinski definition) is 5. The lowest BCUT2D eigenvalue weighted by Crippen LogP contribution is -2.34. The molecule has 6 nitrogen and oxygen atoms in total. The van der Waals surface area contributed by atoms with E-state index in [1.807, 2.05) is 51.1 Å². The van der Waals surface area contributed by atoms with Gasteiger partial charge in [-0.1, -0.05) is 31.5 Å². The van der Waals surface area contributed by atoms with E-state index in [-0.39, 0.29) is 18.7 Å². The Bertz CT molecular complexity index is 820. The molecule has 0 aliphatic heterocycles. The number of nitriles is 1. The second-order valence-electron chi connectivity index (χ2n) is 5.88. The highest BCUT2D eigenvalue weighted by Gasteiger charge is 2.17. The topological polar surface area (TPSA) is 88.1 Å². The van der Waals surface area contributed by atoms with Crippen molar-refractivity contribution in [1.29, 1.82) is 5.26 Å². The van der Waals surface area contributed by atoms with Crippen molar-refractivity contribution in [3.63, 3.8) is 0 Å². The van der Waals surface area contributed by atoms with Crippen LogP contribution in [0.3, 0.4) is 0 Å². The summed E-state index contributed by atoms with van der Waals surface area (Å²) in [6.45, 7) is 5.82. The van der Waals surface area contributed by atoms with Gasteiger partial charge in [0.25, 0.3) is 5.56 Å². The molecule has 1 N–H and O–H groups in total. The second kappa shape index (κ2) is 8.45. The Hall–Kier alpha value is -2.65. The average molecular weight is 341 g/mol. The molecule has 0 spiro atoms. The summed E-state index contributed by atoms with van der Waals surface area (Å²) >= 11 is 0. The first kappa shape index (κ1) is 18.7. The van der Waals surface area contributed by atoms with Crippen LogP contribution in [0.2, 0.25) is 0 Å². The summed E-state index contributed by atoms with van der Waals surface area (Å²) in [5.41, 5.74) is 2.17. The highest BCUT2D eigenvalue weighted by Crippen LogP contribution is 2.12. The summed E-state index contributed by atoms with van der Waals surface area (Å²) in [5.74, 6) is 0.651. The molecule has 25 heavy (non-hydrogen) atoms. The van der Waals surface area contributed by atoms with Crippen molar-refractivity contribution in [2.45, 2.75) is 46.3 Å². The van der Waals surface area contributed by atoms with Gasteiger partial charge in [0.15, 0.2) is 0 Å². The first-order valence-electron chi connectivity index (χ1n) is 8.40. The van der Waals surface area contributed by atoms with Gasteiger partial charge in [0.2, 0.25) is 0 Å². The molecule has 1 aromatic heterocycles. The summed E-state index contributed by atoms with van der Waals surface area (Å²) < 4.78 is 6.70. The molecule has 0 aliphatic rings. The zero-order valence-corrected chi connectivity index (χ0v) is 14.8. The number of ether oxygens (including phenoxy) is 1. The number of aromatic nitrogens is 2. The number of hydrogen-bond donors (Lipinski definition) is 1. The van der Waals surface area contributed by atoms with E-state index in [1.165, 1.54) is 4.68 Å². The number of rotatable bonds is 7. The van der Waals surface area contributed by atoms with Crippen LogP contribution in [0.4, 0.5) is 0 Å². The largest absolute Gasteiger partial charge is 0.491 e. The molecule has 2 aromatic rings. The van der Waals surface area contributed by atoms with Gasteiger partial charge in [0, 0.05) is 0 Å². The maximum atomic E-state index is 12.4. The van der Waals surface area contributed by atoms with Gasteiger partial charge >= 0.3 is 0 Å². The summed E-state index contributed by atoms with van der Waals surface area (Å²) in [6.07, 6.45) is 0.290. The Labute approximate surface area is 147 Å². The molecule has 0 aliphatic carbocycles. The Morgan fingerprint density at radius 3 is 2.52 bits per heavy atom. The van der Waals surface area contributed by atoms with Crippen LogP contribution in [-0.2, 0) is 19.4 Å². The lowest BCUT2D eigenvalue weighted by Gasteiger charge is -2.16. The van der Waals surface area contributed by atoms with Gasteiger partial charge in [-0.15, -0.1) is 0 Å². The molecule has 1 unspecified atom stereocenters. The van der Waals surface area contributed by atoms with Crippen LogP contribution in [0.25, 0.3) is 0 Å². The van der Waals surface area contributed by atoms with Crippen LogP contribution >= 0.6 is 0 Å². The van der Waals surface area contributed by atoms with Crippen molar-refractivity contribution in [2.24, 2.45) is 0 Å². The molecule has 0 saturated carbocycles. The Morgan fingerprint density at radius 2 is 1.96 bits per heavy atom. The van der Waals surface area contributed by atoms with E-state index in [9.17, 15) is 15.2 Å². The van der Waals surface area contributed by atoms with E-state index >= 15 is 0 Å². The van der Waals surface area contributed by atoms with Crippen molar-refractivity contribution >= 4 is 0 Å². The molecular weight excluding hydrogens is 318 g/mol. The SMILES string of the molecule is CCc1nn(CC(O)COc2ccc(C)cc2)c(=O)c(C#N)c1CC. The van der Waals surface area contributed by atoms with Crippen LogP contribution in [0, 0.1) is 18.3 Å². The summed E-state index contributed by atoms with van der Waals surface area (Å²) in [4.78, 5) is 12.4. The van der Waals surface area contributed by atoms with Crippen molar-refractivity contribution < 1.29 is 9.84 Å². The molecule has 0 radical (unpaired) electrons. The molecule has 0 fully saturated rings. The van der Waals surface area contributed by atoms with Gasteiger partial charge in [-0.25, -0.2) is 4.68 Å². The third-order valence-corrected chi connectivity index (χ3v) is 3.99. The van der Waals surface area contributed by atoms with Crippen LogP contribution in [0.1, 0.15) is 36.2 Å². The van der Waals surface area contributed by atoms with Crippen LogP contribution in [0.5, 0.6) is 5.75 Å². The van der Waals surface area contributed by atoms with Gasteiger partial charge in [-0.2, -0.15) is 10.4 Å². The van der Waals surface area contributed by atoms with Crippen molar-refractivity contribution in [2.75, 3.05) is 6.61 Å². The molecule has 1 aromatic carbocycles. The fourth-order valence-corrected chi connectivity index (χ4v) is 2.64. The summed E-state index contributed by atoms with van der Waals surface area (Å²) in [7, 11) is 0. The van der Waals surface area contributed by atoms with Crippen molar-refractivity contribution in [3.05, 3.63) is 57.0 Å². The van der Waals surface area contributed by atoms with Crippen LogP contribution < -0.4 is 10.3 Å². The zero-order chi connectivity index (χ0) is 18.4. The van der Waals surface area contributed by atoms with Gasteiger partial charge in [-0.3, -0.25) is 4.79 Å². The van der Waals surface area contributed by atoms with Crippen LogP contribution in [0.15, 0.2) is 29.1 Å². The minimum atomic E-state index is -0.907. The minimum Gasteiger partial charge on any atom is -0.491 e. The molecule has 2 rings (SSSR count). The minimum absolute atomic E-state index is 0.0175. The van der Waals surface area contributed by atoms with Crippen molar-refractivity contribution in [3.8, 4) is 11.8 Å². The van der Waals surface area contributed by atoms with E-state index in [0.29, 0.717) is 29.8 Å². The standard InChI is InChI=1S/C19H23N3O3/c1-4-16-17(10-20)19(24)22(21-18(16)5-2)11-14(23)12-25-15-8-6-13(3)7-9-15/h6-9,14,23H,4-5,11-12H2,1-3H3. The van der Waals surface area contributed by atoms with E-state index < -0.39 is 11.7 Å². The van der Waals surface area contributed by atoms with Gasteiger partial charge in [0.05, 0.1) is 12.2 Å². The molecular formula is C19H23N3O3. The molecule has 1 atom stereocenters. The normalized spacial score (nSPS) is 11.8. The maximum absolute atomic E-state index is 12.4. The monoisotopic (exact) mass is 341 g/mol. The fourth-order valence-electron chi connectivity index (χ4n) is 2.64. The van der Waals surface area contributed by atoms with E-state index in [2.05, 4.69) is 5.10 Å². The van der Waals surface area contributed by atoms with E-state index in [1.54, 1.807) is 0 Å². The smallest absolute Gasteiger partial charge is 0.285 e. The quantitative estimate of drug-likeness (QED) is 0.832. The highest BCUT2D eigenvalue weighted by molar-refractivity contribution is 5.38. The number of nitrogens with zero attached hydrogens (tertiary/aromatic N) is 3. The third-order valence-electron chi connectivity index (χ3n) is 3.99. The lowest BCUT2D eigenvalue weighted by molar-refractivity contribution is 0.0877. The molecule has 0 amide bonds. The van der Waals surface area contributed by atoms with Gasteiger partial charge < -0.3 is 9.84 Å². The fraction of sp³-hybridized carbons (Fsp3) is 0.421. The number of aliphatic hydroxyl groups excluding tert-OH is 1. The van der Waals surface area contributed by atoms with Crippen molar-refractivity contribution in [1.82, 2.24) is 9.78 Å². The number of aryl methyl sites for hydroxylation is 2. The Morgan fingerprint density at radius 1 is 1.28 bits per heavy atom. The Balaban J connectivity index is 2.15. The molecule has 132 valence electrons. The van der Waals surface area contributed by atoms with Crippen LogP contribution in [-0.4, -0.2) is 27.6 Å². The molecule has 1 heterocycles.